The molecule has 1 aromatic heterocycles. The Morgan fingerprint density at radius 1 is 1.35 bits per heavy atom. The fraction of sp³-hybridized carbons (Fsp3) is 0.267. The van der Waals surface area contributed by atoms with E-state index in [-0.39, 0.29) is 0 Å². The van der Waals surface area contributed by atoms with Gasteiger partial charge in [0.2, 0.25) is 0 Å². The second-order valence-corrected chi connectivity index (χ2v) is 6.68. The maximum absolute atomic E-state index is 5.89. The highest BCUT2D eigenvalue weighted by atomic mass is 35.5. The van der Waals surface area contributed by atoms with Crippen LogP contribution in [0, 0.1) is 0 Å². The highest BCUT2D eigenvalue weighted by Crippen LogP contribution is 2.33. The summed E-state index contributed by atoms with van der Waals surface area (Å²) in [5, 5.41) is 6.97. The molecule has 0 fully saturated rings. The third-order valence-corrected chi connectivity index (χ3v) is 5.22. The maximum Gasteiger partial charge on any atom is 0.173 e. The van der Waals surface area contributed by atoms with Gasteiger partial charge in [-0.1, -0.05) is 11.6 Å². The van der Waals surface area contributed by atoms with Gasteiger partial charge in [-0.2, -0.15) is 0 Å². The third kappa shape index (κ3) is 2.68. The van der Waals surface area contributed by atoms with Gasteiger partial charge in [0, 0.05) is 22.1 Å². The number of thiocarbonyl (C=S) groups is 1. The second kappa shape index (κ2) is 5.72. The summed E-state index contributed by atoms with van der Waals surface area (Å²) in [5.74, 6) is 0. The third-order valence-electron chi connectivity index (χ3n) is 3.63. The second-order valence-electron chi connectivity index (χ2n) is 4.86. The van der Waals surface area contributed by atoms with Gasteiger partial charge in [-0.15, -0.1) is 11.3 Å². The summed E-state index contributed by atoms with van der Waals surface area (Å²) in [4.78, 5) is 3.74. The molecule has 0 spiro atoms. The normalized spacial score (nSPS) is 17.7. The van der Waals surface area contributed by atoms with Crippen LogP contribution in [0.2, 0.25) is 5.02 Å². The molecule has 1 N–H and O–H groups in total. The summed E-state index contributed by atoms with van der Waals surface area (Å²) in [6, 6.07) is 10.2. The van der Waals surface area contributed by atoms with Gasteiger partial charge >= 0.3 is 0 Å². The van der Waals surface area contributed by atoms with Gasteiger partial charge < -0.3 is 10.2 Å². The first-order valence-corrected chi connectivity index (χ1v) is 8.21. The number of halogens is 1. The number of nitrogens with zero attached hydrogens (tertiary/aromatic N) is 1. The van der Waals surface area contributed by atoms with Crippen LogP contribution in [0.1, 0.15) is 23.4 Å². The highest BCUT2D eigenvalue weighted by Gasteiger charge is 2.26. The molecule has 0 amide bonds. The molecule has 104 valence electrons. The van der Waals surface area contributed by atoms with Crippen LogP contribution in [-0.4, -0.2) is 16.6 Å². The van der Waals surface area contributed by atoms with Crippen molar-refractivity contribution in [3.63, 3.8) is 0 Å². The molecule has 3 rings (SSSR count). The highest BCUT2D eigenvalue weighted by molar-refractivity contribution is 7.80. The Bertz CT molecular complexity index is 621. The van der Waals surface area contributed by atoms with Crippen molar-refractivity contribution in [1.82, 2.24) is 4.90 Å². The van der Waals surface area contributed by atoms with E-state index in [2.05, 4.69) is 28.6 Å². The Morgan fingerprint density at radius 3 is 2.85 bits per heavy atom. The van der Waals surface area contributed by atoms with Crippen molar-refractivity contribution in [2.75, 3.05) is 11.9 Å². The van der Waals surface area contributed by atoms with Crippen LogP contribution < -0.4 is 5.32 Å². The first kappa shape index (κ1) is 13.9. The molecular weight excluding hydrogens is 308 g/mol. The van der Waals surface area contributed by atoms with Gasteiger partial charge in [-0.25, -0.2) is 0 Å². The fourth-order valence-corrected chi connectivity index (χ4v) is 3.97. The molecule has 2 heterocycles. The summed E-state index contributed by atoms with van der Waals surface area (Å²) in [7, 11) is 0. The Hall–Kier alpha value is -1.10. The van der Waals surface area contributed by atoms with E-state index in [1.54, 1.807) is 0 Å². The van der Waals surface area contributed by atoms with Crippen LogP contribution >= 0.6 is 35.2 Å². The number of rotatable bonds is 1. The van der Waals surface area contributed by atoms with Crippen molar-refractivity contribution in [2.24, 2.45) is 0 Å². The minimum Gasteiger partial charge on any atom is -0.342 e. The predicted octanol–water partition coefficient (Wildman–Crippen LogP) is 4.72. The molecule has 0 unspecified atom stereocenters. The summed E-state index contributed by atoms with van der Waals surface area (Å²) in [6.45, 7) is 3.18. The van der Waals surface area contributed by atoms with Gasteiger partial charge in [-0.05, 0) is 66.8 Å². The van der Waals surface area contributed by atoms with E-state index in [9.17, 15) is 0 Å². The molecule has 0 aliphatic carbocycles. The lowest BCUT2D eigenvalue weighted by Crippen LogP contribution is -2.40. The topological polar surface area (TPSA) is 15.3 Å². The molecule has 20 heavy (non-hydrogen) atoms. The lowest BCUT2D eigenvalue weighted by molar-refractivity contribution is 0.326. The Balaban J connectivity index is 1.73. The smallest absolute Gasteiger partial charge is 0.173 e. The number of hydrogen-bond acceptors (Lipinski definition) is 2. The number of nitrogens with one attached hydrogen (secondary N) is 1. The van der Waals surface area contributed by atoms with Crippen molar-refractivity contribution < 1.29 is 0 Å². The van der Waals surface area contributed by atoms with Crippen LogP contribution in [0.3, 0.4) is 0 Å². The zero-order chi connectivity index (χ0) is 14.1. The molecular formula is C15H15ClN2S2. The number of anilines is 1. The average molecular weight is 323 g/mol. The van der Waals surface area contributed by atoms with Gasteiger partial charge in [0.25, 0.3) is 0 Å². The quantitative estimate of drug-likeness (QED) is 0.765. The molecule has 0 saturated heterocycles. The number of fused-ring (bicyclic) bond motifs is 1. The van der Waals surface area contributed by atoms with Crippen molar-refractivity contribution in [3.8, 4) is 0 Å². The zero-order valence-corrected chi connectivity index (χ0v) is 13.5. The zero-order valence-electron chi connectivity index (χ0n) is 11.1. The van der Waals surface area contributed by atoms with E-state index in [0.29, 0.717) is 6.04 Å². The minimum atomic E-state index is 0.331. The SMILES string of the molecule is C[C@@H]1c2ccsc2CCN1C(=S)Nc1ccc(Cl)cc1. The van der Waals surface area contributed by atoms with Crippen LogP contribution in [-0.2, 0) is 6.42 Å². The average Bonchev–Trinajstić information content (AvgIpc) is 2.91. The first-order chi connectivity index (χ1) is 9.65. The Morgan fingerprint density at radius 2 is 2.10 bits per heavy atom. The molecule has 1 aliphatic heterocycles. The van der Waals surface area contributed by atoms with E-state index < -0.39 is 0 Å². The summed E-state index contributed by atoms with van der Waals surface area (Å²) in [5.41, 5.74) is 2.38. The molecule has 1 aliphatic rings. The van der Waals surface area contributed by atoms with E-state index in [1.807, 2.05) is 35.6 Å². The van der Waals surface area contributed by atoms with E-state index in [4.69, 9.17) is 23.8 Å². The van der Waals surface area contributed by atoms with Crippen LogP contribution in [0.5, 0.6) is 0 Å². The number of hydrogen-bond donors (Lipinski definition) is 1. The molecule has 1 atom stereocenters. The lowest BCUT2D eigenvalue weighted by Gasteiger charge is -2.35. The Labute approximate surface area is 133 Å². The summed E-state index contributed by atoms with van der Waals surface area (Å²) in [6.07, 6.45) is 1.07. The molecule has 2 nitrogen and oxygen atoms in total. The van der Waals surface area contributed by atoms with E-state index in [1.165, 1.54) is 10.4 Å². The lowest BCUT2D eigenvalue weighted by atomic mass is 10.0. The summed E-state index contributed by atoms with van der Waals surface area (Å²) < 4.78 is 0. The van der Waals surface area contributed by atoms with E-state index >= 15 is 0 Å². The van der Waals surface area contributed by atoms with Crippen LogP contribution in [0.15, 0.2) is 35.7 Å². The van der Waals surface area contributed by atoms with Crippen LogP contribution in [0.4, 0.5) is 5.69 Å². The number of thiophene rings is 1. The van der Waals surface area contributed by atoms with Gasteiger partial charge in [0.1, 0.15) is 0 Å². The van der Waals surface area contributed by atoms with E-state index in [0.717, 1.165) is 28.8 Å². The van der Waals surface area contributed by atoms with Gasteiger partial charge in [-0.3, -0.25) is 0 Å². The molecule has 2 aromatic rings. The maximum atomic E-state index is 5.89. The van der Waals surface area contributed by atoms with Gasteiger partial charge in [0.15, 0.2) is 5.11 Å². The molecule has 0 radical (unpaired) electrons. The van der Waals surface area contributed by atoms with Crippen LogP contribution in [0.25, 0.3) is 0 Å². The van der Waals surface area contributed by atoms with Gasteiger partial charge in [0.05, 0.1) is 6.04 Å². The minimum absolute atomic E-state index is 0.331. The predicted molar refractivity (Wildman–Crippen MR) is 90.8 cm³/mol. The van der Waals surface area contributed by atoms with Crippen molar-refractivity contribution >= 4 is 46.0 Å². The largest absolute Gasteiger partial charge is 0.342 e. The monoisotopic (exact) mass is 322 g/mol. The molecule has 5 heteroatoms. The van der Waals surface area contributed by atoms with Crippen molar-refractivity contribution in [3.05, 3.63) is 51.2 Å². The fourth-order valence-electron chi connectivity index (χ4n) is 2.52. The standard InChI is InChI=1S/C15H15ClN2S2/c1-10-13-7-9-20-14(13)6-8-18(10)15(19)17-12-4-2-11(16)3-5-12/h2-5,7,9-10H,6,8H2,1H3,(H,17,19)/t10-/m1/s1. The molecule has 0 bridgehead atoms. The van der Waals surface area contributed by atoms with Crippen molar-refractivity contribution in [2.45, 2.75) is 19.4 Å². The Kier molecular flexibility index (Phi) is 3.96. The number of benzene rings is 1. The first-order valence-electron chi connectivity index (χ1n) is 6.54. The molecule has 0 saturated carbocycles. The molecule has 1 aromatic carbocycles. The van der Waals surface area contributed by atoms with Crippen molar-refractivity contribution in [1.29, 1.82) is 0 Å². The summed E-state index contributed by atoms with van der Waals surface area (Å²) >= 11 is 13.3.